The van der Waals surface area contributed by atoms with Crippen LogP contribution in [0.4, 0.5) is 0 Å². The molecule has 0 amide bonds. The molecule has 0 fully saturated rings. The standard InChI is InChI=1S/C20H35N3O4S/c1-5-21-20(23-17(3)10-13-28(4,24)25)22-15-18-8-7-9-19(14-18)16-27-12-11-26-6-2/h7-9,14,17H,5-6,10-13,15-16H2,1-4H3,(H2,21,22,23). The Hall–Kier alpha value is -1.64. The van der Waals surface area contributed by atoms with Crippen molar-refractivity contribution in [2.24, 2.45) is 4.99 Å². The average Bonchev–Trinajstić information content (AvgIpc) is 2.64. The molecule has 1 atom stereocenters. The van der Waals surface area contributed by atoms with Gasteiger partial charge in [-0.3, -0.25) is 0 Å². The van der Waals surface area contributed by atoms with Crippen LogP contribution >= 0.6 is 0 Å². The molecule has 1 aromatic carbocycles. The maximum atomic E-state index is 11.3. The van der Waals surface area contributed by atoms with Crippen molar-refractivity contribution < 1.29 is 17.9 Å². The summed E-state index contributed by atoms with van der Waals surface area (Å²) in [5, 5.41) is 6.47. The van der Waals surface area contributed by atoms with Crippen molar-refractivity contribution in [2.45, 2.75) is 46.4 Å². The lowest BCUT2D eigenvalue weighted by Gasteiger charge is -2.17. The van der Waals surface area contributed by atoms with Gasteiger partial charge >= 0.3 is 0 Å². The van der Waals surface area contributed by atoms with Gasteiger partial charge in [-0.25, -0.2) is 13.4 Å². The normalized spacial score (nSPS) is 13.4. The number of aliphatic imine (C=N–C) groups is 1. The van der Waals surface area contributed by atoms with E-state index in [9.17, 15) is 8.42 Å². The zero-order valence-corrected chi connectivity index (χ0v) is 18.3. The van der Waals surface area contributed by atoms with E-state index in [-0.39, 0.29) is 11.8 Å². The van der Waals surface area contributed by atoms with Gasteiger partial charge in [0, 0.05) is 25.4 Å². The molecule has 0 radical (unpaired) electrons. The zero-order chi connectivity index (χ0) is 20.8. The summed E-state index contributed by atoms with van der Waals surface area (Å²) in [6.45, 7) is 9.62. The molecule has 1 unspecified atom stereocenters. The first kappa shape index (κ1) is 24.4. The molecular weight excluding hydrogens is 378 g/mol. The number of ether oxygens (including phenoxy) is 2. The number of guanidine groups is 1. The largest absolute Gasteiger partial charge is 0.379 e. The average molecular weight is 414 g/mol. The number of hydrogen-bond acceptors (Lipinski definition) is 5. The highest BCUT2D eigenvalue weighted by atomic mass is 32.2. The van der Waals surface area contributed by atoms with Gasteiger partial charge in [0.15, 0.2) is 5.96 Å². The predicted molar refractivity (Wildman–Crippen MR) is 114 cm³/mol. The molecule has 0 aliphatic heterocycles. The van der Waals surface area contributed by atoms with Gasteiger partial charge in [0.2, 0.25) is 0 Å². The molecule has 8 heteroatoms. The maximum Gasteiger partial charge on any atom is 0.191 e. The number of sulfone groups is 1. The van der Waals surface area contributed by atoms with Crippen LogP contribution < -0.4 is 10.6 Å². The molecule has 0 saturated heterocycles. The molecule has 0 aliphatic rings. The Morgan fingerprint density at radius 1 is 1.18 bits per heavy atom. The Labute approximate surface area is 169 Å². The van der Waals surface area contributed by atoms with Crippen molar-refractivity contribution in [1.29, 1.82) is 0 Å². The number of nitrogens with zero attached hydrogens (tertiary/aromatic N) is 1. The van der Waals surface area contributed by atoms with Crippen LogP contribution in [0.2, 0.25) is 0 Å². The summed E-state index contributed by atoms with van der Waals surface area (Å²) in [5.41, 5.74) is 2.19. The second-order valence-corrected chi connectivity index (χ2v) is 8.99. The van der Waals surface area contributed by atoms with E-state index in [1.54, 1.807) is 0 Å². The third-order valence-electron chi connectivity index (χ3n) is 3.90. The Morgan fingerprint density at radius 3 is 2.57 bits per heavy atom. The van der Waals surface area contributed by atoms with Gasteiger partial charge in [-0.15, -0.1) is 0 Å². The minimum atomic E-state index is -2.96. The SMILES string of the molecule is CCNC(=NCc1cccc(COCCOCC)c1)NC(C)CCS(C)(=O)=O. The molecule has 0 heterocycles. The molecule has 0 aliphatic carbocycles. The van der Waals surface area contributed by atoms with Gasteiger partial charge in [-0.2, -0.15) is 0 Å². The lowest BCUT2D eigenvalue weighted by atomic mass is 10.1. The van der Waals surface area contributed by atoms with E-state index in [1.165, 1.54) is 6.26 Å². The summed E-state index contributed by atoms with van der Waals surface area (Å²) >= 11 is 0. The maximum absolute atomic E-state index is 11.3. The minimum Gasteiger partial charge on any atom is -0.379 e. The minimum absolute atomic E-state index is 0.0117. The lowest BCUT2D eigenvalue weighted by Crippen LogP contribution is -2.42. The van der Waals surface area contributed by atoms with E-state index in [2.05, 4.69) is 21.7 Å². The fourth-order valence-electron chi connectivity index (χ4n) is 2.46. The van der Waals surface area contributed by atoms with E-state index in [4.69, 9.17) is 9.47 Å². The summed E-state index contributed by atoms with van der Waals surface area (Å²) in [7, 11) is -2.96. The molecule has 0 bridgehead atoms. The third kappa shape index (κ3) is 11.9. The first-order valence-corrected chi connectivity index (χ1v) is 11.9. The van der Waals surface area contributed by atoms with Crippen LogP contribution in [0.15, 0.2) is 29.3 Å². The van der Waals surface area contributed by atoms with Crippen molar-refractivity contribution in [2.75, 3.05) is 38.4 Å². The van der Waals surface area contributed by atoms with E-state index in [0.717, 1.165) is 17.7 Å². The van der Waals surface area contributed by atoms with Crippen LogP contribution in [0.3, 0.4) is 0 Å². The van der Waals surface area contributed by atoms with Crippen LogP contribution in [0.1, 0.15) is 38.3 Å². The first-order valence-electron chi connectivity index (χ1n) is 9.80. The van der Waals surface area contributed by atoms with Gasteiger partial charge in [-0.1, -0.05) is 24.3 Å². The van der Waals surface area contributed by atoms with E-state index >= 15 is 0 Å². The van der Waals surface area contributed by atoms with Gasteiger partial charge in [0.1, 0.15) is 9.84 Å². The monoisotopic (exact) mass is 413 g/mol. The number of nitrogens with one attached hydrogen (secondary N) is 2. The zero-order valence-electron chi connectivity index (χ0n) is 17.5. The topological polar surface area (TPSA) is 89.0 Å². The summed E-state index contributed by atoms with van der Waals surface area (Å²) < 4.78 is 33.5. The van der Waals surface area contributed by atoms with Crippen LogP contribution in [0.25, 0.3) is 0 Å². The fourth-order valence-corrected chi connectivity index (χ4v) is 3.24. The second kappa shape index (κ2) is 13.5. The number of benzene rings is 1. The molecule has 28 heavy (non-hydrogen) atoms. The molecule has 0 aromatic heterocycles. The van der Waals surface area contributed by atoms with Crippen molar-refractivity contribution in [3.05, 3.63) is 35.4 Å². The Bertz CT molecular complexity index is 692. The molecule has 2 N–H and O–H groups in total. The summed E-state index contributed by atoms with van der Waals surface area (Å²) in [5.74, 6) is 0.841. The van der Waals surface area contributed by atoms with Crippen LogP contribution in [-0.4, -0.2) is 58.8 Å². The van der Waals surface area contributed by atoms with Crippen LogP contribution in [0.5, 0.6) is 0 Å². The van der Waals surface area contributed by atoms with Gasteiger partial charge in [-0.05, 0) is 38.3 Å². The smallest absolute Gasteiger partial charge is 0.191 e. The van der Waals surface area contributed by atoms with Crippen LogP contribution in [-0.2, 0) is 32.5 Å². The summed E-state index contributed by atoms with van der Waals surface area (Å²) in [6.07, 6.45) is 1.80. The summed E-state index contributed by atoms with van der Waals surface area (Å²) in [6, 6.07) is 8.16. The number of hydrogen-bond donors (Lipinski definition) is 2. The fraction of sp³-hybridized carbons (Fsp3) is 0.650. The van der Waals surface area contributed by atoms with Gasteiger partial charge in [0.05, 0.1) is 32.1 Å². The van der Waals surface area contributed by atoms with Crippen LogP contribution in [0, 0.1) is 0 Å². The molecule has 1 aromatic rings. The Morgan fingerprint density at radius 2 is 1.89 bits per heavy atom. The lowest BCUT2D eigenvalue weighted by molar-refractivity contribution is 0.0453. The first-order chi connectivity index (χ1) is 13.3. The van der Waals surface area contributed by atoms with Crippen molar-refractivity contribution in [1.82, 2.24) is 10.6 Å². The molecule has 0 saturated carbocycles. The molecule has 160 valence electrons. The highest BCUT2D eigenvalue weighted by molar-refractivity contribution is 7.90. The summed E-state index contributed by atoms with van der Waals surface area (Å²) in [4.78, 5) is 4.61. The molecular formula is C20H35N3O4S. The molecule has 0 spiro atoms. The molecule has 1 rings (SSSR count). The predicted octanol–water partition coefficient (Wildman–Crippen LogP) is 2.12. The van der Waals surface area contributed by atoms with Crippen molar-refractivity contribution in [3.8, 4) is 0 Å². The van der Waals surface area contributed by atoms with Gasteiger partial charge in [0.25, 0.3) is 0 Å². The Balaban J connectivity index is 2.57. The van der Waals surface area contributed by atoms with E-state index < -0.39 is 9.84 Å². The number of rotatable bonds is 13. The highest BCUT2D eigenvalue weighted by Gasteiger charge is 2.09. The van der Waals surface area contributed by atoms with Gasteiger partial charge < -0.3 is 20.1 Å². The molecule has 7 nitrogen and oxygen atoms in total. The Kier molecular flexibility index (Phi) is 11.8. The third-order valence-corrected chi connectivity index (χ3v) is 4.88. The van der Waals surface area contributed by atoms with Crippen molar-refractivity contribution >= 4 is 15.8 Å². The quantitative estimate of drug-likeness (QED) is 0.293. The second-order valence-electron chi connectivity index (χ2n) is 6.73. The van der Waals surface area contributed by atoms with Crippen molar-refractivity contribution in [3.63, 3.8) is 0 Å². The van der Waals surface area contributed by atoms with E-state index in [0.29, 0.717) is 45.4 Å². The highest BCUT2D eigenvalue weighted by Crippen LogP contribution is 2.08. The van der Waals surface area contributed by atoms with E-state index in [1.807, 2.05) is 39.0 Å².